The van der Waals surface area contributed by atoms with E-state index in [9.17, 15) is 14.2 Å². The summed E-state index contributed by atoms with van der Waals surface area (Å²) >= 11 is 0. The molecular weight excluding hydrogens is 427 g/mol. The Morgan fingerprint density at radius 2 is 1.10 bits per heavy atom. The third-order valence-corrected chi connectivity index (χ3v) is 10.4. The Labute approximate surface area is 186 Å². The minimum absolute atomic E-state index is 0.283. The molecule has 0 aromatic heterocycles. The summed E-state index contributed by atoms with van der Waals surface area (Å²) in [5.74, 6) is 0. The molecule has 0 radical (unpaired) electrons. The summed E-state index contributed by atoms with van der Waals surface area (Å²) in [5.41, 5.74) is 3.72. The Kier molecular flexibility index (Phi) is 7.65. The van der Waals surface area contributed by atoms with E-state index in [2.05, 4.69) is 0 Å². The number of benzene rings is 2. The molecule has 2 aromatic carbocycles. The standard InChI is InChI=1S/C24H33O5PSi/c1-10-28-31(8,9)29-30(27,23(25)21-17(4)11-15(2)12-18(21)5)24(26)22-19(6)13-16(3)14-20(22)7/h11-14H,10H2,1-9H3. The summed E-state index contributed by atoms with van der Waals surface area (Å²) in [6.07, 6.45) is 0. The number of aryl methyl sites for hydroxylation is 6. The van der Waals surface area contributed by atoms with Crippen LogP contribution in [0.4, 0.5) is 0 Å². The van der Waals surface area contributed by atoms with Crippen molar-refractivity contribution >= 4 is 27.0 Å². The molecule has 5 nitrogen and oxygen atoms in total. The van der Waals surface area contributed by atoms with E-state index >= 15 is 0 Å². The number of hydrogen-bond donors (Lipinski definition) is 0. The third kappa shape index (κ3) is 5.32. The zero-order valence-electron chi connectivity index (χ0n) is 20.0. The molecule has 0 saturated heterocycles. The van der Waals surface area contributed by atoms with Crippen LogP contribution < -0.4 is 0 Å². The predicted molar refractivity (Wildman–Crippen MR) is 128 cm³/mol. The molecule has 0 unspecified atom stereocenters. The highest BCUT2D eigenvalue weighted by Crippen LogP contribution is 2.56. The molecule has 0 amide bonds. The van der Waals surface area contributed by atoms with E-state index in [1.807, 2.05) is 38.1 Å². The minimum atomic E-state index is -4.48. The van der Waals surface area contributed by atoms with Crippen molar-refractivity contribution < 1.29 is 22.8 Å². The first-order valence-corrected chi connectivity index (χ1v) is 14.9. The zero-order chi connectivity index (χ0) is 23.7. The summed E-state index contributed by atoms with van der Waals surface area (Å²) < 4.78 is 26.0. The SMILES string of the molecule is CCO[Si](C)(C)OP(=O)(C(=O)c1c(C)cc(C)cc1C)C(=O)c1c(C)cc(C)cc1C. The minimum Gasteiger partial charge on any atom is -0.395 e. The lowest BCUT2D eigenvalue weighted by Gasteiger charge is -2.28. The van der Waals surface area contributed by atoms with Crippen LogP contribution >= 0.6 is 7.37 Å². The van der Waals surface area contributed by atoms with E-state index in [0.717, 1.165) is 11.1 Å². The highest BCUT2D eigenvalue weighted by molar-refractivity contribution is 7.92. The lowest BCUT2D eigenvalue weighted by atomic mass is 10.0. The number of hydrogen-bond acceptors (Lipinski definition) is 5. The summed E-state index contributed by atoms with van der Waals surface area (Å²) in [6.45, 7) is 16.6. The third-order valence-electron chi connectivity index (χ3n) is 5.16. The summed E-state index contributed by atoms with van der Waals surface area (Å²) in [5, 5.41) is 0. The fraction of sp³-hybridized carbons (Fsp3) is 0.417. The molecule has 0 heterocycles. The van der Waals surface area contributed by atoms with E-state index in [1.54, 1.807) is 47.7 Å². The molecule has 0 spiro atoms. The molecule has 0 aliphatic carbocycles. The van der Waals surface area contributed by atoms with Gasteiger partial charge in [0.1, 0.15) is 0 Å². The van der Waals surface area contributed by atoms with Crippen molar-refractivity contribution in [2.45, 2.75) is 61.6 Å². The van der Waals surface area contributed by atoms with Crippen LogP contribution in [0.25, 0.3) is 0 Å². The maximum absolute atomic E-state index is 14.3. The highest BCUT2D eigenvalue weighted by atomic mass is 31.2. The molecular formula is C24H33O5PSi. The average Bonchev–Trinajstić information content (AvgIpc) is 2.59. The Hall–Kier alpha value is -1.85. The molecule has 31 heavy (non-hydrogen) atoms. The second kappa shape index (κ2) is 9.33. The van der Waals surface area contributed by atoms with Crippen LogP contribution in [0.1, 0.15) is 61.0 Å². The van der Waals surface area contributed by atoms with Crippen LogP contribution in [0, 0.1) is 41.5 Å². The number of rotatable bonds is 8. The van der Waals surface area contributed by atoms with Gasteiger partial charge in [-0.2, -0.15) is 0 Å². The quantitative estimate of drug-likeness (QED) is 0.330. The van der Waals surface area contributed by atoms with Crippen molar-refractivity contribution in [2.75, 3.05) is 6.61 Å². The second-order valence-corrected chi connectivity index (χ2v) is 14.4. The molecule has 0 atom stereocenters. The van der Waals surface area contributed by atoms with Crippen molar-refractivity contribution in [2.24, 2.45) is 0 Å². The fourth-order valence-electron chi connectivity index (χ4n) is 4.19. The Morgan fingerprint density at radius 3 is 1.39 bits per heavy atom. The van der Waals surface area contributed by atoms with Crippen LogP contribution in [0.15, 0.2) is 24.3 Å². The first-order valence-electron chi connectivity index (χ1n) is 10.4. The molecule has 0 N–H and O–H groups in total. The van der Waals surface area contributed by atoms with Gasteiger partial charge < -0.3 is 8.64 Å². The Balaban J connectivity index is 2.75. The van der Waals surface area contributed by atoms with Crippen molar-refractivity contribution in [1.82, 2.24) is 0 Å². The van der Waals surface area contributed by atoms with E-state index in [-0.39, 0.29) is 11.1 Å². The van der Waals surface area contributed by atoms with Crippen LogP contribution in [-0.4, -0.2) is 26.2 Å². The first kappa shape index (κ1) is 25.4. The van der Waals surface area contributed by atoms with Gasteiger partial charge in [0, 0.05) is 17.7 Å². The maximum Gasteiger partial charge on any atom is 0.338 e. The van der Waals surface area contributed by atoms with Gasteiger partial charge in [-0.25, -0.2) is 0 Å². The van der Waals surface area contributed by atoms with Crippen LogP contribution in [0.2, 0.25) is 13.1 Å². The molecule has 2 aromatic rings. The summed E-state index contributed by atoms with van der Waals surface area (Å²) in [4.78, 5) is 27.5. The normalized spacial score (nSPS) is 12.2. The van der Waals surface area contributed by atoms with Gasteiger partial charge >= 0.3 is 15.9 Å². The van der Waals surface area contributed by atoms with Gasteiger partial charge in [0.25, 0.3) is 11.0 Å². The molecule has 0 aliphatic rings. The van der Waals surface area contributed by atoms with Gasteiger partial charge in [-0.15, -0.1) is 0 Å². The molecule has 2 rings (SSSR count). The van der Waals surface area contributed by atoms with Gasteiger partial charge in [-0.1, -0.05) is 35.4 Å². The first-order chi connectivity index (χ1) is 14.2. The molecule has 0 aliphatic heterocycles. The predicted octanol–water partition coefficient (Wildman–Crippen LogP) is 6.55. The van der Waals surface area contributed by atoms with Crippen LogP contribution in [0.3, 0.4) is 0 Å². The van der Waals surface area contributed by atoms with Gasteiger partial charge in [0.2, 0.25) is 0 Å². The summed E-state index contributed by atoms with van der Waals surface area (Å²) in [6, 6.07) is 7.40. The lowest BCUT2D eigenvalue weighted by Crippen LogP contribution is -2.36. The van der Waals surface area contributed by atoms with Crippen molar-refractivity contribution in [3.63, 3.8) is 0 Å². The second-order valence-electron chi connectivity index (χ2n) is 8.63. The highest BCUT2D eigenvalue weighted by Gasteiger charge is 2.49. The van der Waals surface area contributed by atoms with Gasteiger partial charge in [0.05, 0.1) is 0 Å². The van der Waals surface area contributed by atoms with Crippen LogP contribution in [-0.2, 0) is 13.2 Å². The topological polar surface area (TPSA) is 69.7 Å². The lowest BCUT2D eigenvalue weighted by molar-refractivity contribution is 0.101. The van der Waals surface area contributed by atoms with Gasteiger partial charge in [-0.3, -0.25) is 14.2 Å². The zero-order valence-corrected chi connectivity index (χ0v) is 21.9. The molecule has 168 valence electrons. The fourth-order valence-corrected chi connectivity index (χ4v) is 9.71. The molecule has 7 heteroatoms. The number of carbonyl (C=O) groups excluding carboxylic acids is 2. The molecule has 0 bridgehead atoms. The smallest absolute Gasteiger partial charge is 0.338 e. The Morgan fingerprint density at radius 1 is 0.774 bits per heavy atom. The van der Waals surface area contributed by atoms with E-state index in [0.29, 0.717) is 28.9 Å². The summed E-state index contributed by atoms with van der Waals surface area (Å²) in [7, 11) is -7.50. The van der Waals surface area contributed by atoms with Crippen molar-refractivity contribution in [3.8, 4) is 0 Å². The van der Waals surface area contributed by atoms with E-state index in [4.69, 9.17) is 8.64 Å². The van der Waals surface area contributed by atoms with Gasteiger partial charge in [0.15, 0.2) is 0 Å². The van der Waals surface area contributed by atoms with Crippen molar-refractivity contribution in [1.29, 1.82) is 0 Å². The maximum atomic E-state index is 14.3. The van der Waals surface area contributed by atoms with Crippen LogP contribution in [0.5, 0.6) is 0 Å². The molecule has 0 fully saturated rings. The van der Waals surface area contributed by atoms with Crippen molar-refractivity contribution in [3.05, 3.63) is 68.8 Å². The monoisotopic (exact) mass is 460 g/mol. The van der Waals surface area contributed by atoms with Gasteiger partial charge in [-0.05, 0) is 83.8 Å². The average molecular weight is 461 g/mol. The Bertz CT molecular complexity index is 968. The number of carbonyl (C=O) groups is 2. The van der Waals surface area contributed by atoms with E-state index in [1.165, 1.54) is 0 Å². The largest absolute Gasteiger partial charge is 0.395 e. The van der Waals surface area contributed by atoms with E-state index < -0.39 is 27.0 Å². The molecule has 0 saturated carbocycles.